The molecule has 0 aliphatic carbocycles. The van der Waals surface area contributed by atoms with Crippen LogP contribution in [0.25, 0.3) is 6.08 Å². The highest BCUT2D eigenvalue weighted by Gasteiger charge is 2.35. The van der Waals surface area contributed by atoms with Crippen molar-refractivity contribution in [1.29, 1.82) is 0 Å². The van der Waals surface area contributed by atoms with Gasteiger partial charge in [-0.1, -0.05) is 47.5 Å². The smallest absolute Gasteiger partial charge is 0.268 e. The summed E-state index contributed by atoms with van der Waals surface area (Å²) in [7, 11) is 0. The van der Waals surface area contributed by atoms with Crippen molar-refractivity contribution in [1.82, 2.24) is 4.90 Å². The van der Waals surface area contributed by atoms with Crippen LogP contribution in [-0.4, -0.2) is 16.0 Å². The Hall–Kier alpha value is -1.82. The molecule has 0 saturated carbocycles. The van der Waals surface area contributed by atoms with Crippen molar-refractivity contribution in [2.45, 2.75) is 6.54 Å². The lowest BCUT2D eigenvalue weighted by Gasteiger charge is -2.12. The highest BCUT2D eigenvalue weighted by Crippen LogP contribution is 2.35. The van der Waals surface area contributed by atoms with E-state index >= 15 is 0 Å². The number of hydrogen-bond acceptors (Lipinski definition) is 3. The van der Waals surface area contributed by atoms with Crippen LogP contribution in [0.3, 0.4) is 0 Å². The summed E-state index contributed by atoms with van der Waals surface area (Å²) in [6.07, 6.45) is 1.53. The Morgan fingerprint density at radius 3 is 2.58 bits per heavy atom. The van der Waals surface area contributed by atoms with Gasteiger partial charge in [0.2, 0.25) is 0 Å². The first kappa shape index (κ1) is 17.0. The van der Waals surface area contributed by atoms with Crippen molar-refractivity contribution in [2.75, 3.05) is 0 Å². The van der Waals surface area contributed by atoms with Crippen LogP contribution in [0.5, 0.6) is 0 Å². The van der Waals surface area contributed by atoms with Gasteiger partial charge in [0.25, 0.3) is 11.1 Å². The van der Waals surface area contributed by atoms with Gasteiger partial charge in [0.1, 0.15) is 5.82 Å². The van der Waals surface area contributed by atoms with Crippen LogP contribution < -0.4 is 0 Å². The third-order valence-corrected chi connectivity index (χ3v) is 4.88. The highest BCUT2D eigenvalue weighted by molar-refractivity contribution is 8.18. The van der Waals surface area contributed by atoms with E-state index in [0.29, 0.717) is 15.6 Å². The van der Waals surface area contributed by atoms with Crippen molar-refractivity contribution in [2.24, 2.45) is 0 Å². The number of amides is 2. The summed E-state index contributed by atoms with van der Waals surface area (Å²) in [5.41, 5.74) is 0.864. The molecule has 1 saturated heterocycles. The van der Waals surface area contributed by atoms with Crippen LogP contribution in [0.4, 0.5) is 9.18 Å². The summed E-state index contributed by atoms with van der Waals surface area (Å²) in [5.74, 6) is -0.930. The van der Waals surface area contributed by atoms with Gasteiger partial charge in [-0.15, -0.1) is 0 Å². The number of benzene rings is 2. The molecule has 0 atom stereocenters. The molecule has 0 bridgehead atoms. The zero-order valence-corrected chi connectivity index (χ0v) is 14.5. The van der Waals surface area contributed by atoms with Gasteiger partial charge in [0.15, 0.2) is 0 Å². The number of hydrogen-bond donors (Lipinski definition) is 0. The summed E-state index contributed by atoms with van der Waals surface area (Å²) in [6.45, 7) is -0.108. The van der Waals surface area contributed by atoms with Gasteiger partial charge in [-0.25, -0.2) is 4.39 Å². The van der Waals surface area contributed by atoms with E-state index in [9.17, 15) is 14.0 Å². The van der Waals surface area contributed by atoms with E-state index in [2.05, 4.69) is 0 Å². The fourth-order valence-electron chi connectivity index (χ4n) is 2.19. The normalized spacial score (nSPS) is 16.3. The molecule has 0 unspecified atom stereocenters. The molecule has 3 nitrogen and oxygen atoms in total. The summed E-state index contributed by atoms with van der Waals surface area (Å²) in [5, 5.41) is 0.410. The Morgan fingerprint density at radius 2 is 1.88 bits per heavy atom. The summed E-state index contributed by atoms with van der Waals surface area (Å²) in [4.78, 5) is 25.8. The zero-order chi connectivity index (χ0) is 17.3. The van der Waals surface area contributed by atoms with E-state index < -0.39 is 17.0 Å². The maximum Gasteiger partial charge on any atom is 0.293 e. The maximum atomic E-state index is 13.7. The minimum absolute atomic E-state index is 0.108. The monoisotopic (exact) mass is 381 g/mol. The Morgan fingerprint density at radius 1 is 1.12 bits per heavy atom. The molecule has 0 radical (unpaired) electrons. The van der Waals surface area contributed by atoms with Crippen molar-refractivity contribution in [3.05, 3.63) is 74.4 Å². The predicted molar refractivity (Wildman–Crippen MR) is 94.4 cm³/mol. The molecular weight excluding hydrogens is 372 g/mol. The fourth-order valence-corrected chi connectivity index (χ4v) is 3.49. The first-order valence-electron chi connectivity index (χ1n) is 6.89. The molecule has 7 heteroatoms. The summed E-state index contributed by atoms with van der Waals surface area (Å²) < 4.78 is 13.7. The molecule has 1 aliphatic rings. The fraction of sp³-hybridized carbons (Fsp3) is 0.0588. The second kappa shape index (κ2) is 6.97. The summed E-state index contributed by atoms with van der Waals surface area (Å²) in [6, 6.07) is 10.9. The molecule has 2 amide bonds. The van der Waals surface area contributed by atoms with Crippen molar-refractivity contribution in [3.63, 3.8) is 0 Å². The van der Waals surface area contributed by atoms with Gasteiger partial charge in [0.05, 0.1) is 11.4 Å². The average Bonchev–Trinajstić information content (AvgIpc) is 2.79. The van der Waals surface area contributed by atoms with Gasteiger partial charge < -0.3 is 0 Å². The first-order valence-corrected chi connectivity index (χ1v) is 8.47. The number of imide groups is 1. The number of halogens is 3. The van der Waals surface area contributed by atoms with Crippen LogP contribution >= 0.6 is 35.0 Å². The van der Waals surface area contributed by atoms with Crippen molar-refractivity contribution in [3.8, 4) is 0 Å². The Kier molecular flexibility index (Phi) is 4.94. The molecule has 2 aromatic rings. The molecule has 1 heterocycles. The quantitative estimate of drug-likeness (QED) is 0.670. The summed E-state index contributed by atoms with van der Waals surface area (Å²) >= 11 is 12.7. The molecule has 0 spiro atoms. The third kappa shape index (κ3) is 3.48. The molecule has 3 rings (SSSR count). The maximum absolute atomic E-state index is 13.7. The number of carbonyl (C=O) groups is 2. The van der Waals surface area contributed by atoms with Crippen molar-refractivity contribution >= 4 is 52.2 Å². The predicted octanol–water partition coefficient (Wildman–Crippen LogP) is 5.37. The average molecular weight is 382 g/mol. The minimum atomic E-state index is -0.473. The second-order valence-corrected chi connectivity index (χ2v) is 6.86. The lowest BCUT2D eigenvalue weighted by molar-refractivity contribution is -0.123. The minimum Gasteiger partial charge on any atom is -0.268 e. The van der Waals surface area contributed by atoms with Crippen LogP contribution in [0.15, 0.2) is 47.4 Å². The Labute approximate surface area is 152 Å². The topological polar surface area (TPSA) is 37.4 Å². The molecule has 0 aromatic heterocycles. The van der Waals surface area contributed by atoms with Gasteiger partial charge >= 0.3 is 0 Å². The number of thioether (sulfide) groups is 1. The zero-order valence-electron chi connectivity index (χ0n) is 12.1. The molecular formula is C17H10Cl2FNO2S. The van der Waals surface area contributed by atoms with Crippen molar-refractivity contribution < 1.29 is 14.0 Å². The van der Waals surface area contributed by atoms with Crippen LogP contribution in [0.1, 0.15) is 11.1 Å². The van der Waals surface area contributed by atoms with Crippen LogP contribution in [0, 0.1) is 5.82 Å². The van der Waals surface area contributed by atoms with Crippen LogP contribution in [0.2, 0.25) is 10.0 Å². The third-order valence-electron chi connectivity index (χ3n) is 3.41. The Balaban J connectivity index is 1.86. The van der Waals surface area contributed by atoms with Gasteiger partial charge in [-0.05, 0) is 41.6 Å². The van der Waals surface area contributed by atoms with E-state index in [1.165, 1.54) is 12.1 Å². The van der Waals surface area contributed by atoms with Gasteiger partial charge in [0, 0.05) is 15.6 Å². The highest BCUT2D eigenvalue weighted by atomic mass is 35.5. The number of rotatable bonds is 3. The SMILES string of the molecule is O=C1S/C(=C\c2ccc(Cl)cc2Cl)C(=O)N1Cc1ccccc1F. The second-order valence-electron chi connectivity index (χ2n) is 5.03. The van der Waals surface area contributed by atoms with E-state index in [1.54, 1.807) is 36.4 Å². The molecule has 122 valence electrons. The lowest BCUT2D eigenvalue weighted by atomic mass is 10.2. The molecule has 1 aliphatic heterocycles. The van der Waals surface area contributed by atoms with Crippen LogP contribution in [-0.2, 0) is 11.3 Å². The van der Waals surface area contributed by atoms with E-state index in [0.717, 1.165) is 16.7 Å². The van der Waals surface area contributed by atoms with Gasteiger partial charge in [-0.2, -0.15) is 0 Å². The lowest BCUT2D eigenvalue weighted by Crippen LogP contribution is -2.27. The first-order chi connectivity index (χ1) is 11.5. The van der Waals surface area contributed by atoms with E-state index in [4.69, 9.17) is 23.2 Å². The molecule has 1 fully saturated rings. The van der Waals surface area contributed by atoms with E-state index in [-0.39, 0.29) is 17.0 Å². The van der Waals surface area contributed by atoms with E-state index in [1.807, 2.05) is 0 Å². The number of carbonyl (C=O) groups excluding carboxylic acids is 2. The largest absolute Gasteiger partial charge is 0.293 e. The number of nitrogens with zero attached hydrogens (tertiary/aromatic N) is 1. The molecule has 2 aromatic carbocycles. The standard InChI is InChI=1S/C17H10Cl2FNO2S/c18-12-6-5-10(13(19)8-12)7-15-16(22)21(17(23)24-15)9-11-3-1-2-4-14(11)20/h1-8H,9H2/b15-7-. The molecule has 24 heavy (non-hydrogen) atoms. The molecule has 0 N–H and O–H groups in total. The van der Waals surface area contributed by atoms with Gasteiger partial charge in [-0.3, -0.25) is 14.5 Å². The Bertz CT molecular complexity index is 869.